The van der Waals surface area contributed by atoms with E-state index in [1.807, 2.05) is 22.8 Å². The number of fused-ring (bicyclic) bond motifs is 1. The van der Waals surface area contributed by atoms with Gasteiger partial charge in [-0.15, -0.1) is 0 Å². The lowest BCUT2D eigenvalue weighted by atomic mass is 9.96. The minimum Gasteiger partial charge on any atom is -0.461 e. The predicted octanol–water partition coefficient (Wildman–Crippen LogP) is 2.04. The molecular formula is C19H23N5O2. The van der Waals surface area contributed by atoms with Crippen LogP contribution in [0.2, 0.25) is 0 Å². The van der Waals surface area contributed by atoms with Crippen molar-refractivity contribution in [3.63, 3.8) is 0 Å². The first-order chi connectivity index (χ1) is 12.7. The zero-order chi connectivity index (χ0) is 17.9. The highest BCUT2D eigenvalue weighted by Crippen LogP contribution is 2.27. The summed E-state index contributed by atoms with van der Waals surface area (Å²) in [5.41, 5.74) is 3.07. The normalized spacial score (nSPS) is 19.7. The second-order valence-corrected chi connectivity index (χ2v) is 6.86. The number of hydrogen-bond donors (Lipinski definition) is 0. The molecule has 1 aliphatic carbocycles. The number of imidazole rings is 1. The van der Waals surface area contributed by atoms with Gasteiger partial charge in [-0.25, -0.2) is 15.0 Å². The Morgan fingerprint density at radius 2 is 2.12 bits per heavy atom. The van der Waals surface area contributed by atoms with Gasteiger partial charge in [0.15, 0.2) is 0 Å². The maximum absolute atomic E-state index is 13.1. The third-order valence-corrected chi connectivity index (χ3v) is 5.11. The van der Waals surface area contributed by atoms with Crippen LogP contribution in [-0.4, -0.2) is 43.0 Å². The fourth-order valence-electron chi connectivity index (χ4n) is 3.66. The van der Waals surface area contributed by atoms with Gasteiger partial charge in [-0.3, -0.25) is 4.79 Å². The second kappa shape index (κ2) is 7.27. The van der Waals surface area contributed by atoms with Gasteiger partial charge < -0.3 is 14.2 Å². The van der Waals surface area contributed by atoms with Crippen molar-refractivity contribution in [2.75, 3.05) is 6.61 Å². The number of amides is 1. The minimum absolute atomic E-state index is 0.0583. The lowest BCUT2D eigenvalue weighted by molar-refractivity contribution is -0.131. The highest BCUT2D eigenvalue weighted by molar-refractivity contribution is 5.93. The number of nitrogens with zero attached hydrogens (tertiary/aromatic N) is 5. The van der Waals surface area contributed by atoms with E-state index in [9.17, 15) is 4.79 Å². The van der Waals surface area contributed by atoms with Crippen molar-refractivity contribution in [2.24, 2.45) is 7.05 Å². The molecule has 7 heteroatoms. The first-order valence-electron chi connectivity index (χ1n) is 9.11. The average Bonchev–Trinajstić information content (AvgIpc) is 3.06. The van der Waals surface area contributed by atoms with Crippen molar-refractivity contribution in [1.29, 1.82) is 0 Å². The summed E-state index contributed by atoms with van der Waals surface area (Å²) in [4.78, 5) is 27.7. The Balaban J connectivity index is 1.56. The van der Waals surface area contributed by atoms with E-state index < -0.39 is 0 Å². The number of rotatable bonds is 4. The Labute approximate surface area is 152 Å². The molecule has 4 rings (SSSR count). The van der Waals surface area contributed by atoms with Gasteiger partial charge in [0.25, 0.3) is 0 Å². The van der Waals surface area contributed by atoms with Crippen LogP contribution in [-0.2, 0) is 24.8 Å². The third kappa shape index (κ3) is 3.34. The van der Waals surface area contributed by atoms with Gasteiger partial charge in [0.1, 0.15) is 6.61 Å². The predicted molar refractivity (Wildman–Crippen MR) is 95.3 cm³/mol. The summed E-state index contributed by atoms with van der Waals surface area (Å²) in [6.45, 7) is 0.893. The fourth-order valence-corrected chi connectivity index (χ4v) is 3.66. The van der Waals surface area contributed by atoms with Crippen molar-refractivity contribution in [1.82, 2.24) is 24.4 Å². The molecule has 0 radical (unpaired) electrons. The molecule has 0 unspecified atom stereocenters. The number of aryl methyl sites for hydroxylation is 1. The molecule has 7 nitrogen and oxygen atoms in total. The summed E-state index contributed by atoms with van der Waals surface area (Å²) in [6, 6.07) is 2.03. The number of carbonyl (C=O) groups excluding carboxylic acids is 1. The molecular weight excluding hydrogens is 330 g/mol. The summed E-state index contributed by atoms with van der Waals surface area (Å²) in [5.74, 6) is 0.114. The third-order valence-electron chi connectivity index (χ3n) is 5.11. The first-order valence-corrected chi connectivity index (χ1v) is 9.11. The molecule has 1 atom stereocenters. The lowest BCUT2D eigenvalue weighted by Crippen LogP contribution is -2.48. The molecule has 26 heavy (non-hydrogen) atoms. The van der Waals surface area contributed by atoms with Crippen molar-refractivity contribution < 1.29 is 9.53 Å². The molecule has 2 aromatic rings. The molecule has 1 amide bonds. The summed E-state index contributed by atoms with van der Waals surface area (Å²) in [6.07, 6.45) is 12.0. The zero-order valence-electron chi connectivity index (χ0n) is 15.0. The van der Waals surface area contributed by atoms with E-state index in [1.165, 1.54) is 6.42 Å². The molecule has 0 N–H and O–H groups in total. The van der Waals surface area contributed by atoms with E-state index in [1.54, 1.807) is 18.5 Å². The quantitative estimate of drug-likeness (QED) is 0.841. The Hall–Kier alpha value is -2.70. The van der Waals surface area contributed by atoms with Crippen molar-refractivity contribution in [3.05, 3.63) is 47.8 Å². The van der Waals surface area contributed by atoms with Crippen LogP contribution in [0.3, 0.4) is 0 Å². The van der Waals surface area contributed by atoms with Crippen LogP contribution in [0.5, 0.6) is 6.01 Å². The van der Waals surface area contributed by atoms with Crippen LogP contribution >= 0.6 is 0 Å². The number of hydrogen-bond acceptors (Lipinski definition) is 5. The average molecular weight is 353 g/mol. The van der Waals surface area contributed by atoms with Gasteiger partial charge in [0.2, 0.25) is 5.91 Å². The minimum atomic E-state index is -0.0583. The van der Waals surface area contributed by atoms with Crippen molar-refractivity contribution in [3.8, 4) is 6.01 Å². The Kier molecular flexibility index (Phi) is 4.69. The largest absolute Gasteiger partial charge is 0.461 e. The van der Waals surface area contributed by atoms with Gasteiger partial charge in [0.05, 0.1) is 24.6 Å². The van der Waals surface area contributed by atoms with E-state index >= 15 is 0 Å². The lowest BCUT2D eigenvalue weighted by Gasteiger charge is -2.36. The Morgan fingerprint density at radius 3 is 2.88 bits per heavy atom. The maximum Gasteiger partial charge on any atom is 0.316 e. The number of aromatic nitrogens is 4. The number of ether oxygens (including phenoxy) is 1. The Bertz CT molecular complexity index is 815. The molecule has 0 saturated heterocycles. The molecule has 0 aromatic carbocycles. The SMILES string of the molecule is Cn1cnc2c1C[C@@H](COc1ncccn1)N(C(=O)C1=CCCCC1)C2. The maximum atomic E-state index is 13.1. The van der Waals surface area contributed by atoms with Crippen LogP contribution in [0.15, 0.2) is 36.4 Å². The first kappa shape index (κ1) is 16.8. The van der Waals surface area contributed by atoms with E-state index in [-0.39, 0.29) is 11.9 Å². The summed E-state index contributed by atoms with van der Waals surface area (Å²) < 4.78 is 7.81. The second-order valence-electron chi connectivity index (χ2n) is 6.86. The van der Waals surface area contributed by atoms with Gasteiger partial charge in [-0.2, -0.15) is 0 Å². The molecule has 2 aliphatic rings. The molecule has 0 bridgehead atoms. The van der Waals surface area contributed by atoms with Crippen molar-refractivity contribution in [2.45, 2.75) is 44.7 Å². The smallest absolute Gasteiger partial charge is 0.316 e. The van der Waals surface area contributed by atoms with Crippen LogP contribution in [0.4, 0.5) is 0 Å². The summed E-state index contributed by atoms with van der Waals surface area (Å²) in [5, 5.41) is 0. The summed E-state index contributed by atoms with van der Waals surface area (Å²) in [7, 11) is 1.99. The molecule has 0 spiro atoms. The zero-order valence-corrected chi connectivity index (χ0v) is 15.0. The van der Waals surface area contributed by atoms with Crippen LogP contribution in [0.25, 0.3) is 0 Å². The summed E-state index contributed by atoms with van der Waals surface area (Å²) >= 11 is 0. The topological polar surface area (TPSA) is 73.1 Å². The molecule has 0 saturated carbocycles. The number of allylic oxidation sites excluding steroid dienone is 1. The van der Waals surface area contributed by atoms with Crippen LogP contribution in [0.1, 0.15) is 37.1 Å². The van der Waals surface area contributed by atoms with Gasteiger partial charge in [-0.05, 0) is 31.7 Å². The van der Waals surface area contributed by atoms with Gasteiger partial charge in [-0.1, -0.05) is 6.08 Å². The fraction of sp³-hybridized carbons (Fsp3) is 0.474. The van der Waals surface area contributed by atoms with Gasteiger partial charge >= 0.3 is 6.01 Å². The standard InChI is InChI=1S/C19H23N5O2/c1-23-13-22-16-11-24(18(25)14-6-3-2-4-7-14)15(10-17(16)23)12-26-19-20-8-5-9-21-19/h5-6,8-9,13,15H,2-4,7,10-12H2,1H3/t15-/m0/s1. The highest BCUT2D eigenvalue weighted by atomic mass is 16.5. The monoisotopic (exact) mass is 353 g/mol. The van der Waals surface area contributed by atoms with E-state index in [4.69, 9.17) is 4.74 Å². The van der Waals surface area contributed by atoms with Crippen LogP contribution in [0, 0.1) is 0 Å². The molecule has 1 aliphatic heterocycles. The number of carbonyl (C=O) groups is 1. The molecule has 2 aromatic heterocycles. The molecule has 0 fully saturated rings. The van der Waals surface area contributed by atoms with Crippen LogP contribution < -0.4 is 4.74 Å². The van der Waals surface area contributed by atoms with E-state index in [2.05, 4.69) is 21.0 Å². The molecule has 136 valence electrons. The van der Waals surface area contributed by atoms with Crippen molar-refractivity contribution >= 4 is 5.91 Å². The van der Waals surface area contributed by atoms with E-state index in [0.29, 0.717) is 19.2 Å². The van der Waals surface area contributed by atoms with E-state index in [0.717, 1.165) is 42.6 Å². The Morgan fingerprint density at radius 1 is 1.27 bits per heavy atom. The van der Waals surface area contributed by atoms with Gasteiger partial charge in [0, 0.05) is 37.1 Å². The molecule has 3 heterocycles. The highest BCUT2D eigenvalue weighted by Gasteiger charge is 2.34.